The summed E-state index contributed by atoms with van der Waals surface area (Å²) in [7, 11) is 0. The molecule has 0 aliphatic heterocycles. The van der Waals surface area contributed by atoms with E-state index in [4.69, 9.17) is 11.6 Å². The van der Waals surface area contributed by atoms with Gasteiger partial charge in [0.05, 0.1) is 5.38 Å². The maximum absolute atomic E-state index is 11.5. The number of Topliss-reactive ketones (excluding diaryl/α,β-unsaturated/α-hetero) is 1. The number of rotatable bonds is 3. The number of hydrogen-bond donors (Lipinski definition) is 1. The van der Waals surface area contributed by atoms with Gasteiger partial charge >= 0.3 is 0 Å². The molecular weight excluding hydrogens is 267 g/mol. The van der Waals surface area contributed by atoms with E-state index in [0.717, 1.165) is 5.56 Å². The van der Waals surface area contributed by atoms with Crippen molar-refractivity contribution in [3.05, 3.63) is 29.3 Å². The van der Waals surface area contributed by atoms with Crippen LogP contribution in [0.25, 0.3) is 0 Å². The Morgan fingerprint density at radius 3 is 2.71 bits per heavy atom. The number of alkyl halides is 2. The zero-order valence-electron chi connectivity index (χ0n) is 7.63. The number of benzene rings is 1. The Hall–Kier alpha value is -0.540. The van der Waals surface area contributed by atoms with Gasteiger partial charge < -0.3 is 5.11 Å². The first kappa shape index (κ1) is 11.5. The van der Waals surface area contributed by atoms with Crippen LogP contribution in [0.1, 0.15) is 22.8 Å². The average molecular weight is 278 g/mol. The number of aromatic hydroxyl groups is 1. The molecule has 0 aliphatic rings. The summed E-state index contributed by atoms with van der Waals surface area (Å²) in [5.74, 6) is -0.0904. The third kappa shape index (κ3) is 2.72. The van der Waals surface area contributed by atoms with E-state index in [-0.39, 0.29) is 11.5 Å². The third-order valence-electron chi connectivity index (χ3n) is 1.78. The Balaban J connectivity index is 3.09. The highest BCUT2D eigenvalue weighted by Gasteiger charge is 2.13. The van der Waals surface area contributed by atoms with Crippen LogP contribution in [0, 0.1) is 0 Å². The number of carbonyl (C=O) groups excluding carboxylic acids is 1. The van der Waals surface area contributed by atoms with E-state index in [9.17, 15) is 9.90 Å². The maximum atomic E-state index is 11.5. The van der Waals surface area contributed by atoms with Crippen LogP contribution in [-0.2, 0) is 5.33 Å². The Kier molecular flexibility index (Phi) is 3.96. The third-order valence-corrected chi connectivity index (χ3v) is 2.62. The van der Waals surface area contributed by atoms with E-state index in [1.165, 1.54) is 6.07 Å². The lowest BCUT2D eigenvalue weighted by Gasteiger charge is -2.05. The fourth-order valence-corrected chi connectivity index (χ4v) is 1.57. The monoisotopic (exact) mass is 276 g/mol. The fourth-order valence-electron chi connectivity index (χ4n) is 1.12. The SMILES string of the molecule is CC(Cl)C(=O)c1cc(O)cc(CBr)c1. The molecule has 0 saturated carbocycles. The van der Waals surface area contributed by atoms with Gasteiger partial charge in [0.15, 0.2) is 5.78 Å². The van der Waals surface area contributed by atoms with E-state index in [0.29, 0.717) is 10.9 Å². The highest BCUT2D eigenvalue weighted by molar-refractivity contribution is 9.08. The number of ketones is 1. The first-order valence-corrected chi connectivity index (χ1v) is 5.67. The lowest BCUT2D eigenvalue weighted by Crippen LogP contribution is -2.10. The summed E-state index contributed by atoms with van der Waals surface area (Å²) in [4.78, 5) is 11.5. The van der Waals surface area contributed by atoms with Crippen molar-refractivity contribution < 1.29 is 9.90 Å². The molecule has 1 aromatic rings. The van der Waals surface area contributed by atoms with Gasteiger partial charge in [-0.1, -0.05) is 15.9 Å². The van der Waals surface area contributed by atoms with Gasteiger partial charge in [-0.05, 0) is 30.7 Å². The zero-order valence-corrected chi connectivity index (χ0v) is 9.97. The maximum Gasteiger partial charge on any atom is 0.180 e. The Bertz CT molecular complexity index is 350. The van der Waals surface area contributed by atoms with Gasteiger partial charge in [-0.3, -0.25) is 4.79 Å². The van der Waals surface area contributed by atoms with Crippen LogP contribution < -0.4 is 0 Å². The number of phenols is 1. The fraction of sp³-hybridized carbons (Fsp3) is 0.300. The predicted octanol–water partition coefficient (Wildman–Crippen LogP) is 3.10. The van der Waals surface area contributed by atoms with E-state index >= 15 is 0 Å². The summed E-state index contributed by atoms with van der Waals surface area (Å²) in [6, 6.07) is 4.74. The Labute approximate surface area is 96.0 Å². The van der Waals surface area contributed by atoms with Gasteiger partial charge in [0.2, 0.25) is 0 Å². The van der Waals surface area contributed by atoms with Crippen LogP contribution >= 0.6 is 27.5 Å². The van der Waals surface area contributed by atoms with Crippen molar-refractivity contribution in [2.24, 2.45) is 0 Å². The van der Waals surface area contributed by atoms with Crippen molar-refractivity contribution in [1.29, 1.82) is 0 Å². The van der Waals surface area contributed by atoms with Gasteiger partial charge in [0.25, 0.3) is 0 Å². The molecule has 76 valence electrons. The van der Waals surface area contributed by atoms with Crippen molar-refractivity contribution in [2.45, 2.75) is 17.6 Å². The van der Waals surface area contributed by atoms with Crippen LogP contribution in [0.2, 0.25) is 0 Å². The number of phenolic OH excluding ortho intramolecular Hbond substituents is 1. The standard InChI is InChI=1S/C10H10BrClO2/c1-6(12)10(14)8-2-7(5-11)3-9(13)4-8/h2-4,6,13H,5H2,1H3. The number of carbonyl (C=O) groups is 1. The molecule has 1 unspecified atom stereocenters. The molecular formula is C10H10BrClO2. The number of halogens is 2. The van der Waals surface area contributed by atoms with Crippen LogP contribution in [0.3, 0.4) is 0 Å². The molecule has 0 spiro atoms. The second-order valence-electron chi connectivity index (χ2n) is 3.00. The minimum atomic E-state index is -0.569. The van der Waals surface area contributed by atoms with Gasteiger partial charge in [0.1, 0.15) is 5.75 Å². The molecule has 1 rings (SSSR count). The number of hydrogen-bond acceptors (Lipinski definition) is 2. The van der Waals surface area contributed by atoms with Gasteiger partial charge in [-0.2, -0.15) is 0 Å². The summed E-state index contributed by atoms with van der Waals surface area (Å²) in [6.45, 7) is 1.61. The predicted molar refractivity (Wildman–Crippen MR) is 60.4 cm³/mol. The quantitative estimate of drug-likeness (QED) is 0.681. The van der Waals surface area contributed by atoms with Crippen molar-refractivity contribution in [2.75, 3.05) is 0 Å². The van der Waals surface area contributed by atoms with Gasteiger partial charge in [-0.15, -0.1) is 11.6 Å². The summed E-state index contributed by atoms with van der Waals surface area (Å²) in [5.41, 5.74) is 1.30. The average Bonchev–Trinajstić information content (AvgIpc) is 2.15. The van der Waals surface area contributed by atoms with E-state index in [2.05, 4.69) is 15.9 Å². The molecule has 14 heavy (non-hydrogen) atoms. The summed E-state index contributed by atoms with van der Waals surface area (Å²) in [6.07, 6.45) is 0. The van der Waals surface area contributed by atoms with E-state index in [1.807, 2.05) is 0 Å². The molecule has 1 aromatic carbocycles. The normalized spacial score (nSPS) is 12.5. The molecule has 0 aliphatic carbocycles. The van der Waals surface area contributed by atoms with Crippen LogP contribution in [0.5, 0.6) is 5.75 Å². The van der Waals surface area contributed by atoms with Crippen molar-refractivity contribution in [3.8, 4) is 5.75 Å². The summed E-state index contributed by atoms with van der Waals surface area (Å²) < 4.78 is 0. The van der Waals surface area contributed by atoms with Gasteiger partial charge in [-0.25, -0.2) is 0 Å². The van der Waals surface area contributed by atoms with E-state index in [1.54, 1.807) is 19.1 Å². The molecule has 4 heteroatoms. The van der Waals surface area contributed by atoms with Crippen LogP contribution in [0.4, 0.5) is 0 Å². The summed E-state index contributed by atoms with van der Waals surface area (Å²) in [5, 5.41) is 9.37. The molecule has 0 bridgehead atoms. The molecule has 2 nitrogen and oxygen atoms in total. The zero-order chi connectivity index (χ0) is 10.7. The second-order valence-corrected chi connectivity index (χ2v) is 4.22. The first-order valence-electron chi connectivity index (χ1n) is 4.11. The molecule has 0 amide bonds. The largest absolute Gasteiger partial charge is 0.508 e. The van der Waals surface area contributed by atoms with Crippen molar-refractivity contribution in [1.82, 2.24) is 0 Å². The lowest BCUT2D eigenvalue weighted by atomic mass is 10.1. The van der Waals surface area contributed by atoms with Gasteiger partial charge in [0, 0.05) is 10.9 Å². The molecule has 0 saturated heterocycles. The summed E-state index contributed by atoms with van der Waals surface area (Å²) >= 11 is 8.92. The van der Waals surface area contributed by atoms with E-state index < -0.39 is 5.38 Å². The second kappa shape index (κ2) is 4.80. The minimum Gasteiger partial charge on any atom is -0.508 e. The lowest BCUT2D eigenvalue weighted by molar-refractivity contribution is 0.0991. The molecule has 1 N–H and O–H groups in total. The highest BCUT2D eigenvalue weighted by Crippen LogP contribution is 2.19. The first-order chi connectivity index (χ1) is 6.54. The molecule has 0 aromatic heterocycles. The topological polar surface area (TPSA) is 37.3 Å². The molecule has 1 atom stereocenters. The minimum absolute atomic E-state index is 0.0858. The van der Waals surface area contributed by atoms with Crippen LogP contribution in [0.15, 0.2) is 18.2 Å². The molecule has 0 fully saturated rings. The Morgan fingerprint density at radius 2 is 2.21 bits per heavy atom. The van der Waals surface area contributed by atoms with Crippen molar-refractivity contribution >= 4 is 33.3 Å². The van der Waals surface area contributed by atoms with Crippen molar-refractivity contribution in [3.63, 3.8) is 0 Å². The highest BCUT2D eigenvalue weighted by atomic mass is 79.9. The molecule has 0 heterocycles. The Morgan fingerprint density at radius 1 is 1.57 bits per heavy atom. The smallest absolute Gasteiger partial charge is 0.180 e. The van der Waals surface area contributed by atoms with Crippen LogP contribution in [-0.4, -0.2) is 16.3 Å². The molecule has 0 radical (unpaired) electrons.